The van der Waals surface area contributed by atoms with Crippen LogP contribution in [0, 0.1) is 0 Å². The highest BCUT2D eigenvalue weighted by Crippen LogP contribution is 2.16. The highest BCUT2D eigenvalue weighted by atomic mass is 35.5. The van der Waals surface area contributed by atoms with Gasteiger partial charge in [0.05, 0.1) is 6.61 Å². The molecule has 0 spiro atoms. The number of hydrogen-bond donors (Lipinski definition) is 2. The summed E-state index contributed by atoms with van der Waals surface area (Å²) in [4.78, 5) is 11.4. The number of furan rings is 1. The summed E-state index contributed by atoms with van der Waals surface area (Å²) in [5.74, 6) is -0.851. The molecule has 0 saturated carbocycles. The van der Waals surface area contributed by atoms with E-state index in [1.165, 1.54) is 12.1 Å². The Morgan fingerprint density at radius 3 is 2.41 bits per heavy atom. The highest BCUT2D eigenvalue weighted by Gasteiger charge is 2.26. The molecule has 0 unspecified atom stereocenters. The number of ether oxygens (including phenoxy) is 1. The van der Waals surface area contributed by atoms with Gasteiger partial charge in [-0.3, -0.25) is 0 Å². The van der Waals surface area contributed by atoms with Gasteiger partial charge in [0.15, 0.2) is 0 Å². The number of hydrogen-bond acceptors (Lipinski definition) is 6. The molecule has 0 aliphatic carbocycles. The molecule has 1 aromatic heterocycles. The molecule has 3 N–H and O–H groups in total. The molecule has 0 aliphatic heterocycles. The number of esters is 1. The average molecular weight is 355 g/mol. The maximum absolute atomic E-state index is 12.1. The highest BCUT2D eigenvalue weighted by molar-refractivity contribution is 7.89. The molecule has 1 aromatic rings. The number of carbonyl (C=O) groups is 1. The van der Waals surface area contributed by atoms with E-state index in [1.54, 1.807) is 6.92 Å². The van der Waals surface area contributed by atoms with Crippen molar-refractivity contribution in [2.75, 3.05) is 13.2 Å². The minimum absolute atomic E-state index is 0. The molecule has 0 radical (unpaired) electrons. The van der Waals surface area contributed by atoms with Gasteiger partial charge in [-0.25, -0.2) is 17.9 Å². The van der Waals surface area contributed by atoms with Gasteiger partial charge in [-0.05, 0) is 31.9 Å². The lowest BCUT2D eigenvalue weighted by Crippen LogP contribution is -2.49. The zero-order valence-corrected chi connectivity index (χ0v) is 14.6. The second kappa shape index (κ2) is 8.52. The normalized spacial score (nSPS) is 11.8. The van der Waals surface area contributed by atoms with Gasteiger partial charge in [-0.2, -0.15) is 0 Å². The zero-order valence-electron chi connectivity index (χ0n) is 12.9. The van der Waals surface area contributed by atoms with Crippen LogP contribution in [0.1, 0.15) is 44.2 Å². The van der Waals surface area contributed by atoms with Gasteiger partial charge in [0.1, 0.15) is 0 Å². The third-order valence-electron chi connectivity index (χ3n) is 3.35. The number of nitrogens with two attached hydrogens (primary N) is 1. The molecule has 1 heterocycles. The van der Waals surface area contributed by atoms with E-state index in [0.717, 1.165) is 0 Å². The molecule has 7 nitrogen and oxygen atoms in total. The van der Waals surface area contributed by atoms with Crippen molar-refractivity contribution in [3.05, 3.63) is 17.9 Å². The Hall–Kier alpha value is -1.09. The van der Waals surface area contributed by atoms with Crippen LogP contribution in [0.5, 0.6) is 0 Å². The summed E-state index contributed by atoms with van der Waals surface area (Å²) in [5.41, 5.74) is 5.44. The number of nitrogens with one attached hydrogen (secondary N) is 1. The lowest BCUT2D eigenvalue weighted by atomic mass is 9.95. The van der Waals surface area contributed by atoms with Crippen LogP contribution < -0.4 is 10.5 Å². The first-order valence-electron chi connectivity index (χ1n) is 6.83. The third kappa shape index (κ3) is 5.28. The average Bonchev–Trinajstić information content (AvgIpc) is 2.96. The Bertz CT molecular complexity index is 581. The molecule has 0 bridgehead atoms. The van der Waals surface area contributed by atoms with E-state index < -0.39 is 21.5 Å². The number of sulfonamides is 1. The van der Waals surface area contributed by atoms with Crippen molar-refractivity contribution >= 4 is 28.4 Å². The van der Waals surface area contributed by atoms with Crippen LogP contribution in [-0.2, 0) is 14.8 Å². The van der Waals surface area contributed by atoms with Crippen molar-refractivity contribution in [3.63, 3.8) is 0 Å². The van der Waals surface area contributed by atoms with Gasteiger partial charge < -0.3 is 14.9 Å². The lowest BCUT2D eigenvalue weighted by molar-refractivity contribution is 0.0484. The SMILES string of the molecule is CCOC(=O)c1ccc(S(=O)(=O)NCC(N)(CC)CC)o1.Cl. The minimum Gasteiger partial charge on any atom is -0.460 e. The number of rotatable bonds is 8. The van der Waals surface area contributed by atoms with Crippen molar-refractivity contribution in [2.45, 2.75) is 44.2 Å². The Morgan fingerprint density at radius 2 is 1.91 bits per heavy atom. The Morgan fingerprint density at radius 1 is 1.32 bits per heavy atom. The molecule has 22 heavy (non-hydrogen) atoms. The van der Waals surface area contributed by atoms with E-state index in [4.69, 9.17) is 14.9 Å². The van der Waals surface area contributed by atoms with Crippen molar-refractivity contribution in [1.29, 1.82) is 0 Å². The summed E-state index contributed by atoms with van der Waals surface area (Å²) in [7, 11) is -3.85. The molecule has 0 saturated heterocycles. The number of carbonyl (C=O) groups excluding carboxylic acids is 1. The van der Waals surface area contributed by atoms with E-state index in [2.05, 4.69) is 4.72 Å². The lowest BCUT2D eigenvalue weighted by Gasteiger charge is -2.26. The van der Waals surface area contributed by atoms with E-state index in [-0.39, 0.29) is 36.4 Å². The van der Waals surface area contributed by atoms with E-state index in [1.807, 2.05) is 13.8 Å². The van der Waals surface area contributed by atoms with Gasteiger partial charge in [-0.15, -0.1) is 12.4 Å². The van der Waals surface area contributed by atoms with Gasteiger partial charge in [0.25, 0.3) is 10.0 Å². The Labute approximate surface area is 137 Å². The van der Waals surface area contributed by atoms with Gasteiger partial charge in [0.2, 0.25) is 10.9 Å². The second-order valence-electron chi connectivity index (χ2n) is 4.73. The maximum atomic E-state index is 12.1. The summed E-state index contributed by atoms with van der Waals surface area (Å²) in [5, 5.41) is -0.333. The predicted octanol–water partition coefficient (Wildman–Crippen LogP) is 1.67. The van der Waals surface area contributed by atoms with E-state index >= 15 is 0 Å². The van der Waals surface area contributed by atoms with Crippen LogP contribution >= 0.6 is 12.4 Å². The van der Waals surface area contributed by atoms with Crippen molar-refractivity contribution in [3.8, 4) is 0 Å². The zero-order chi connectivity index (χ0) is 16.1. The molecule has 0 fully saturated rings. The molecular formula is C13H23ClN2O5S. The number of halogens is 1. The molecule has 1 rings (SSSR count). The summed E-state index contributed by atoms with van der Waals surface area (Å²) < 4.78 is 36.4. The summed E-state index contributed by atoms with van der Waals surface area (Å²) in [6.07, 6.45) is 1.27. The molecule has 0 amide bonds. The first kappa shape index (κ1) is 20.9. The van der Waals surface area contributed by atoms with Gasteiger partial charge >= 0.3 is 5.97 Å². The van der Waals surface area contributed by atoms with Gasteiger partial charge in [-0.1, -0.05) is 13.8 Å². The standard InChI is InChI=1S/C13H22N2O5S.ClH/c1-4-13(14,5-2)9-15-21(17,18)11-8-7-10(20-11)12(16)19-6-3;/h7-8,15H,4-6,9,14H2,1-3H3;1H. The Balaban J connectivity index is 0.00000441. The van der Waals surface area contributed by atoms with E-state index in [0.29, 0.717) is 12.8 Å². The molecule has 0 aliphatic rings. The fourth-order valence-corrected chi connectivity index (χ4v) is 2.65. The van der Waals surface area contributed by atoms with Gasteiger partial charge in [0, 0.05) is 12.1 Å². The first-order chi connectivity index (χ1) is 9.78. The van der Waals surface area contributed by atoms with Crippen molar-refractivity contribution in [2.24, 2.45) is 5.73 Å². The largest absolute Gasteiger partial charge is 0.460 e. The maximum Gasteiger partial charge on any atom is 0.374 e. The van der Waals surface area contributed by atoms with E-state index in [9.17, 15) is 13.2 Å². The predicted molar refractivity (Wildman–Crippen MR) is 84.6 cm³/mol. The fraction of sp³-hybridized carbons (Fsp3) is 0.615. The molecule has 0 aromatic carbocycles. The monoisotopic (exact) mass is 354 g/mol. The molecule has 0 atom stereocenters. The fourth-order valence-electron chi connectivity index (χ4n) is 1.59. The van der Waals surface area contributed by atoms with Crippen LogP contribution in [-0.4, -0.2) is 33.1 Å². The third-order valence-corrected chi connectivity index (χ3v) is 4.62. The smallest absolute Gasteiger partial charge is 0.374 e. The van der Waals surface area contributed by atoms with Crippen molar-refractivity contribution < 1.29 is 22.4 Å². The molecule has 9 heteroatoms. The van der Waals surface area contributed by atoms with Crippen LogP contribution in [0.25, 0.3) is 0 Å². The summed E-state index contributed by atoms with van der Waals surface area (Å²) >= 11 is 0. The first-order valence-corrected chi connectivity index (χ1v) is 8.31. The summed E-state index contributed by atoms with van der Waals surface area (Å²) in [6.45, 7) is 5.71. The van der Waals surface area contributed by atoms with Crippen LogP contribution in [0.3, 0.4) is 0 Å². The second-order valence-corrected chi connectivity index (χ2v) is 6.43. The van der Waals surface area contributed by atoms with Crippen LogP contribution in [0.4, 0.5) is 0 Å². The quantitative estimate of drug-likeness (QED) is 0.687. The topological polar surface area (TPSA) is 112 Å². The Kier molecular flexibility index (Phi) is 8.10. The summed E-state index contributed by atoms with van der Waals surface area (Å²) in [6, 6.07) is 2.48. The van der Waals surface area contributed by atoms with Crippen LogP contribution in [0.15, 0.2) is 21.6 Å². The van der Waals surface area contributed by atoms with Crippen molar-refractivity contribution in [1.82, 2.24) is 4.72 Å². The van der Waals surface area contributed by atoms with Crippen LogP contribution in [0.2, 0.25) is 0 Å². The minimum atomic E-state index is -3.85. The molecular weight excluding hydrogens is 332 g/mol. The molecule has 128 valence electrons.